The number of hydrogen-bond acceptors (Lipinski definition) is 3. The van der Waals surface area contributed by atoms with E-state index in [1.54, 1.807) is 0 Å². The summed E-state index contributed by atoms with van der Waals surface area (Å²) in [6.07, 6.45) is -3.89. The second-order valence-electron chi connectivity index (χ2n) is 3.36. The lowest BCUT2D eigenvalue weighted by molar-refractivity contribution is -0.137. The van der Waals surface area contributed by atoms with Crippen molar-refractivity contribution < 1.29 is 23.1 Å². The predicted octanol–water partition coefficient (Wildman–Crippen LogP) is 2.62. The maximum atomic E-state index is 12.5. The summed E-state index contributed by atoms with van der Waals surface area (Å²) in [6.45, 7) is 2.26. The van der Waals surface area contributed by atoms with Crippen LogP contribution in [0.2, 0.25) is 0 Å². The smallest absolute Gasteiger partial charge is 0.416 e. The van der Waals surface area contributed by atoms with E-state index in [9.17, 15) is 18.0 Å². The van der Waals surface area contributed by atoms with E-state index in [0.29, 0.717) is 19.0 Å². The number of aromatic nitrogens is 1. The van der Waals surface area contributed by atoms with E-state index in [-0.39, 0.29) is 5.82 Å². The first-order valence-corrected chi connectivity index (χ1v) is 4.91. The van der Waals surface area contributed by atoms with Crippen molar-refractivity contribution >= 4 is 11.8 Å². The Morgan fingerprint density at radius 1 is 1.47 bits per heavy atom. The van der Waals surface area contributed by atoms with Gasteiger partial charge in [-0.15, -0.1) is 0 Å². The summed E-state index contributed by atoms with van der Waals surface area (Å²) >= 11 is 0. The number of carboxylic acid groups (broad SMARTS) is 1. The number of nitrogens with zero attached hydrogens (tertiary/aromatic N) is 1. The van der Waals surface area contributed by atoms with E-state index in [1.807, 2.05) is 6.92 Å². The van der Waals surface area contributed by atoms with E-state index in [1.165, 1.54) is 0 Å². The molecule has 0 spiro atoms. The fraction of sp³-hybridized carbons (Fsp3) is 0.400. The van der Waals surface area contributed by atoms with E-state index in [0.717, 1.165) is 6.07 Å². The third kappa shape index (κ3) is 3.61. The molecule has 2 N–H and O–H groups in total. The van der Waals surface area contributed by atoms with Crippen LogP contribution in [0.1, 0.15) is 29.4 Å². The highest BCUT2D eigenvalue weighted by Gasteiger charge is 2.32. The summed E-state index contributed by atoms with van der Waals surface area (Å²) < 4.78 is 37.5. The highest BCUT2D eigenvalue weighted by atomic mass is 19.4. The van der Waals surface area contributed by atoms with E-state index in [4.69, 9.17) is 5.11 Å². The van der Waals surface area contributed by atoms with Crippen LogP contribution in [0, 0.1) is 0 Å². The van der Waals surface area contributed by atoms with Crippen LogP contribution < -0.4 is 5.32 Å². The molecule has 0 saturated carbocycles. The van der Waals surface area contributed by atoms with Gasteiger partial charge in [0.05, 0.1) is 5.56 Å². The van der Waals surface area contributed by atoms with Crippen molar-refractivity contribution in [2.45, 2.75) is 19.5 Å². The third-order valence-corrected chi connectivity index (χ3v) is 1.93. The molecule has 94 valence electrons. The first-order valence-electron chi connectivity index (χ1n) is 4.91. The molecule has 4 nitrogen and oxygen atoms in total. The molecule has 0 amide bonds. The lowest BCUT2D eigenvalue weighted by atomic mass is 10.2. The summed E-state index contributed by atoms with van der Waals surface area (Å²) in [5.74, 6) is -1.57. The van der Waals surface area contributed by atoms with Crippen molar-refractivity contribution in [1.82, 2.24) is 4.98 Å². The molecule has 0 atom stereocenters. The van der Waals surface area contributed by atoms with E-state index < -0.39 is 23.4 Å². The molecule has 1 aromatic heterocycles. The van der Waals surface area contributed by atoms with E-state index >= 15 is 0 Å². The fourth-order valence-electron chi connectivity index (χ4n) is 1.15. The molecule has 1 aromatic rings. The largest absolute Gasteiger partial charge is 0.477 e. The van der Waals surface area contributed by atoms with Crippen LogP contribution in [-0.2, 0) is 6.18 Å². The fourth-order valence-corrected chi connectivity index (χ4v) is 1.15. The Labute approximate surface area is 95.5 Å². The molecule has 0 aromatic carbocycles. The second-order valence-corrected chi connectivity index (χ2v) is 3.36. The summed E-state index contributed by atoms with van der Waals surface area (Å²) in [5.41, 5.74) is -1.65. The molecule has 0 aliphatic carbocycles. The number of aromatic carboxylic acids is 1. The zero-order chi connectivity index (χ0) is 13.1. The van der Waals surface area contributed by atoms with Crippen LogP contribution in [0.15, 0.2) is 12.1 Å². The van der Waals surface area contributed by atoms with Gasteiger partial charge in [-0.3, -0.25) is 0 Å². The van der Waals surface area contributed by atoms with Gasteiger partial charge >= 0.3 is 12.1 Å². The Bertz CT molecular complexity index is 419. The molecule has 17 heavy (non-hydrogen) atoms. The lowest BCUT2D eigenvalue weighted by Gasteiger charge is -2.10. The predicted molar refractivity (Wildman–Crippen MR) is 55.0 cm³/mol. The summed E-state index contributed by atoms with van der Waals surface area (Å²) in [7, 11) is 0. The maximum Gasteiger partial charge on any atom is 0.416 e. The molecule has 0 aliphatic heterocycles. The first kappa shape index (κ1) is 13.3. The van der Waals surface area contributed by atoms with Crippen LogP contribution in [0.4, 0.5) is 19.0 Å². The Kier molecular flexibility index (Phi) is 3.93. The van der Waals surface area contributed by atoms with Gasteiger partial charge in [-0.1, -0.05) is 6.92 Å². The Hall–Kier alpha value is -1.79. The molecular weight excluding hydrogens is 237 g/mol. The molecule has 0 saturated heterocycles. The number of alkyl halides is 3. The number of carbonyl (C=O) groups is 1. The Morgan fingerprint density at radius 3 is 2.59 bits per heavy atom. The van der Waals surface area contributed by atoms with Crippen molar-refractivity contribution in [2.24, 2.45) is 0 Å². The van der Waals surface area contributed by atoms with Gasteiger partial charge in [0.2, 0.25) is 0 Å². The molecule has 7 heteroatoms. The van der Waals surface area contributed by atoms with Gasteiger partial charge in [0.25, 0.3) is 0 Å². The normalized spacial score (nSPS) is 11.3. The zero-order valence-corrected chi connectivity index (χ0v) is 9.01. The maximum absolute atomic E-state index is 12.5. The Balaban J connectivity index is 3.14. The van der Waals surface area contributed by atoms with Crippen molar-refractivity contribution in [3.63, 3.8) is 0 Å². The highest BCUT2D eigenvalue weighted by Crippen LogP contribution is 2.30. The molecular formula is C10H11F3N2O2. The molecule has 0 fully saturated rings. The number of halogens is 3. The summed E-state index contributed by atoms with van der Waals surface area (Å²) in [5, 5.41) is 11.3. The number of rotatable bonds is 4. The van der Waals surface area contributed by atoms with Crippen molar-refractivity contribution in [3.05, 3.63) is 23.4 Å². The van der Waals surface area contributed by atoms with Gasteiger partial charge in [0.15, 0.2) is 5.69 Å². The van der Waals surface area contributed by atoms with Crippen molar-refractivity contribution in [1.29, 1.82) is 0 Å². The lowest BCUT2D eigenvalue weighted by Crippen LogP contribution is -2.12. The van der Waals surface area contributed by atoms with Gasteiger partial charge in [0.1, 0.15) is 5.82 Å². The van der Waals surface area contributed by atoms with E-state index in [2.05, 4.69) is 10.3 Å². The second kappa shape index (κ2) is 5.03. The number of carboxylic acids is 1. The zero-order valence-electron chi connectivity index (χ0n) is 9.01. The monoisotopic (exact) mass is 248 g/mol. The minimum absolute atomic E-state index is 0.0842. The van der Waals surface area contributed by atoms with Gasteiger partial charge < -0.3 is 10.4 Å². The average molecular weight is 248 g/mol. The number of anilines is 1. The van der Waals surface area contributed by atoms with Crippen LogP contribution in [0.3, 0.4) is 0 Å². The number of hydrogen-bond donors (Lipinski definition) is 2. The minimum atomic E-state index is -4.59. The average Bonchev–Trinajstić information content (AvgIpc) is 2.24. The molecule has 0 bridgehead atoms. The molecule has 0 aliphatic rings. The highest BCUT2D eigenvalue weighted by molar-refractivity contribution is 5.86. The van der Waals surface area contributed by atoms with Crippen molar-refractivity contribution in [2.75, 3.05) is 11.9 Å². The van der Waals surface area contributed by atoms with Crippen LogP contribution in [-0.4, -0.2) is 22.6 Å². The first-order chi connectivity index (χ1) is 7.84. The number of nitrogens with one attached hydrogen (secondary N) is 1. The van der Waals surface area contributed by atoms with Gasteiger partial charge in [-0.2, -0.15) is 13.2 Å². The van der Waals surface area contributed by atoms with Gasteiger partial charge in [-0.25, -0.2) is 9.78 Å². The van der Waals surface area contributed by atoms with Crippen LogP contribution in [0.5, 0.6) is 0 Å². The van der Waals surface area contributed by atoms with Crippen molar-refractivity contribution in [3.8, 4) is 0 Å². The third-order valence-electron chi connectivity index (χ3n) is 1.93. The minimum Gasteiger partial charge on any atom is -0.477 e. The topological polar surface area (TPSA) is 62.2 Å². The van der Waals surface area contributed by atoms with Crippen LogP contribution in [0.25, 0.3) is 0 Å². The quantitative estimate of drug-likeness (QED) is 0.859. The SMILES string of the molecule is CCCNc1cc(C(F)(F)F)cc(C(=O)O)n1. The molecule has 1 rings (SSSR count). The Morgan fingerprint density at radius 2 is 2.12 bits per heavy atom. The summed E-state index contributed by atoms with van der Waals surface area (Å²) in [6, 6.07) is 1.31. The van der Waals surface area contributed by atoms with Crippen LogP contribution >= 0.6 is 0 Å². The van der Waals surface area contributed by atoms with Gasteiger partial charge in [-0.05, 0) is 18.6 Å². The molecule has 0 unspecified atom stereocenters. The molecule has 1 heterocycles. The van der Waals surface area contributed by atoms with Gasteiger partial charge in [0, 0.05) is 6.54 Å². The standard InChI is InChI=1S/C10H11F3N2O2/c1-2-3-14-8-5-6(10(11,12)13)4-7(15-8)9(16)17/h4-5H,2-3H2,1H3,(H,14,15)(H,16,17). The molecule has 0 radical (unpaired) electrons. The number of pyridine rings is 1. The summed E-state index contributed by atoms with van der Waals surface area (Å²) in [4.78, 5) is 14.2.